The molecule has 11 aromatic rings. The highest BCUT2D eigenvalue weighted by atomic mass is 32.1. The molecule has 0 N–H and O–H groups in total. The van der Waals surface area contributed by atoms with E-state index < -0.39 is 164 Å². The molecule has 55 heavy (non-hydrogen) atoms. The predicted molar refractivity (Wildman–Crippen MR) is 232 cm³/mol. The fraction of sp³-hybridized carbons (Fsp3) is 0. The van der Waals surface area contributed by atoms with Crippen LogP contribution in [0, 0.1) is 0 Å². The fourth-order valence-electron chi connectivity index (χ4n) is 6.64. The number of hydrogen-bond donors (Lipinski definition) is 0. The third-order valence-electron chi connectivity index (χ3n) is 9.22. The van der Waals surface area contributed by atoms with E-state index in [0.29, 0.717) is 11.1 Å². The zero-order chi connectivity index (χ0) is 52.8. The lowest BCUT2D eigenvalue weighted by atomic mass is 9.92. The van der Waals surface area contributed by atoms with Crippen molar-refractivity contribution >= 4 is 63.8 Å². The lowest BCUT2D eigenvalue weighted by Crippen LogP contribution is -2.00. The molecule has 0 atom stereocenters. The van der Waals surface area contributed by atoms with Crippen LogP contribution >= 0.6 is 11.3 Å². The highest BCUT2D eigenvalue weighted by Gasteiger charge is 2.17. The summed E-state index contributed by atoms with van der Waals surface area (Å²) in [6, 6.07) is 7.35. The minimum absolute atomic E-state index is 0.165. The van der Waals surface area contributed by atoms with Crippen LogP contribution in [0.3, 0.4) is 0 Å². The largest absolute Gasteiger partial charge is 0.208 e. The average molecular weight is 737 g/mol. The molecule has 0 aliphatic rings. The smallest absolute Gasteiger partial charge is 0.165 e. The standard InChI is InChI=1S/C51H31N3S/c1-2-11-35(12-3-1)49-52-50(54-51(53-49)45-19-10-18-44-43-17-8-9-20-47(43)55-48(44)45)36-27-25-33(26-28-36)32-21-23-34(24-22-32)37-29-30-42-40-15-5-4-13-38(40)39-14-6-7-16-41(39)46(42)31-37/h1-31H/i4D,5D,6D,7D,13D,14D,15D,16D,21D,22D,23D,24D,25D,26D,27D,28D,29D,30D,31D. The molecule has 0 amide bonds. The Bertz CT molecular complexity index is 4270. The molecule has 3 nitrogen and oxygen atoms in total. The summed E-state index contributed by atoms with van der Waals surface area (Å²) in [7, 11) is 0. The van der Waals surface area contributed by atoms with Gasteiger partial charge in [0.1, 0.15) is 0 Å². The van der Waals surface area contributed by atoms with E-state index in [4.69, 9.17) is 20.9 Å². The van der Waals surface area contributed by atoms with E-state index in [2.05, 4.69) is 4.98 Å². The van der Waals surface area contributed by atoms with Gasteiger partial charge in [-0.2, -0.15) is 0 Å². The van der Waals surface area contributed by atoms with E-state index >= 15 is 0 Å². The van der Waals surface area contributed by atoms with Crippen LogP contribution in [0.1, 0.15) is 26.0 Å². The molecule has 0 saturated heterocycles. The van der Waals surface area contributed by atoms with Crippen molar-refractivity contribution in [2.24, 2.45) is 0 Å². The second-order valence-electron chi connectivity index (χ2n) is 12.5. The van der Waals surface area contributed by atoms with Crippen LogP contribution in [0.15, 0.2) is 188 Å². The normalized spacial score (nSPS) is 16.5. The number of benzene rings is 9. The Morgan fingerprint density at radius 3 is 1.51 bits per heavy atom. The van der Waals surface area contributed by atoms with E-state index in [1.165, 1.54) is 11.3 Å². The van der Waals surface area contributed by atoms with Gasteiger partial charge < -0.3 is 0 Å². The first-order valence-electron chi connectivity index (χ1n) is 26.5. The van der Waals surface area contributed by atoms with E-state index in [1.54, 1.807) is 30.3 Å². The highest BCUT2D eigenvalue weighted by molar-refractivity contribution is 7.26. The number of aromatic nitrogens is 3. The van der Waals surface area contributed by atoms with E-state index in [-0.39, 0.29) is 28.4 Å². The van der Waals surface area contributed by atoms with Crippen LogP contribution in [-0.4, -0.2) is 15.0 Å². The van der Waals surface area contributed by atoms with E-state index in [1.807, 2.05) is 42.5 Å². The number of nitrogens with zero attached hydrogens (tertiary/aromatic N) is 3. The first kappa shape index (κ1) is 17.9. The van der Waals surface area contributed by atoms with Gasteiger partial charge in [-0.25, -0.2) is 15.0 Å². The molecule has 0 aliphatic carbocycles. The lowest BCUT2D eigenvalue weighted by Gasteiger charge is -2.12. The van der Waals surface area contributed by atoms with Crippen molar-refractivity contribution in [2.75, 3.05) is 0 Å². The van der Waals surface area contributed by atoms with Crippen molar-refractivity contribution in [1.29, 1.82) is 0 Å². The molecule has 0 fully saturated rings. The quantitative estimate of drug-likeness (QED) is 0.165. The Kier molecular flexibility index (Phi) is 4.17. The Hall–Kier alpha value is -7.01. The monoisotopic (exact) mass is 736 g/mol. The van der Waals surface area contributed by atoms with Gasteiger partial charge >= 0.3 is 0 Å². The molecule has 0 unspecified atom stereocenters. The molecule has 2 aromatic heterocycles. The molecule has 0 bridgehead atoms. The van der Waals surface area contributed by atoms with Crippen molar-refractivity contribution < 1.29 is 26.0 Å². The summed E-state index contributed by atoms with van der Waals surface area (Å²) in [6.07, 6.45) is 0. The van der Waals surface area contributed by atoms with Gasteiger partial charge in [0.25, 0.3) is 0 Å². The number of thiophene rings is 1. The molecular formula is C51H31N3S. The predicted octanol–water partition coefficient (Wildman–Crippen LogP) is 14.0. The van der Waals surface area contributed by atoms with Crippen LogP contribution in [0.5, 0.6) is 0 Å². The Morgan fingerprint density at radius 2 is 0.836 bits per heavy atom. The maximum absolute atomic E-state index is 9.61. The van der Waals surface area contributed by atoms with Crippen molar-refractivity contribution in [3.63, 3.8) is 0 Å². The van der Waals surface area contributed by atoms with Gasteiger partial charge in [0.2, 0.25) is 0 Å². The maximum Gasteiger partial charge on any atom is 0.165 e. The molecular weight excluding hydrogens is 687 g/mol. The summed E-state index contributed by atoms with van der Waals surface area (Å²) in [5.74, 6) is 0.123. The highest BCUT2D eigenvalue weighted by Crippen LogP contribution is 2.40. The maximum atomic E-state index is 9.61. The third-order valence-corrected chi connectivity index (χ3v) is 10.4. The Balaban J connectivity index is 1.15. The van der Waals surface area contributed by atoms with Crippen LogP contribution in [0.2, 0.25) is 0 Å². The van der Waals surface area contributed by atoms with Crippen LogP contribution in [0.25, 0.3) is 109 Å². The van der Waals surface area contributed by atoms with Gasteiger partial charge in [0, 0.05) is 36.9 Å². The van der Waals surface area contributed by atoms with E-state index in [9.17, 15) is 15.1 Å². The third kappa shape index (κ3) is 5.38. The van der Waals surface area contributed by atoms with Crippen molar-refractivity contribution in [2.45, 2.75) is 0 Å². The number of fused-ring (bicyclic) bond motifs is 9. The zero-order valence-electron chi connectivity index (χ0n) is 47.2. The second-order valence-corrected chi connectivity index (χ2v) is 13.5. The number of rotatable bonds is 5. The number of hydrogen-bond acceptors (Lipinski definition) is 4. The topological polar surface area (TPSA) is 38.7 Å². The van der Waals surface area contributed by atoms with Gasteiger partial charge in [-0.1, -0.05) is 169 Å². The molecule has 256 valence electrons. The minimum Gasteiger partial charge on any atom is -0.208 e. The van der Waals surface area contributed by atoms with Crippen LogP contribution < -0.4 is 0 Å². The van der Waals surface area contributed by atoms with Crippen molar-refractivity contribution in [3.8, 4) is 56.4 Å². The summed E-state index contributed by atoms with van der Waals surface area (Å²) >= 11 is 1.53. The molecule has 0 spiro atoms. The molecule has 0 saturated carbocycles. The Morgan fingerprint density at radius 1 is 0.345 bits per heavy atom. The zero-order valence-corrected chi connectivity index (χ0v) is 29.0. The Labute approximate surface area is 348 Å². The molecule has 2 heterocycles. The lowest BCUT2D eigenvalue weighted by molar-refractivity contribution is 1.08. The SMILES string of the molecule is [2H]c1c([2H])c(-c2c([2H])c([2H])c(-c3c([2H])c([2H])c4c5c([2H])c([2H])c([2H])c([2H])c5c5c([2H])c([2H])c([2H])c([2H])c5c4c3[2H])c([2H])c2[2H])c([2H])c([2H])c1-c1nc(-c2ccccc2)nc(-c2cccc3c2sc2ccccc23)n1. The molecule has 0 radical (unpaired) electrons. The second kappa shape index (κ2) is 12.8. The summed E-state index contributed by atoms with van der Waals surface area (Å²) in [5, 5.41) is -0.625. The van der Waals surface area contributed by atoms with Gasteiger partial charge in [-0.3, -0.25) is 0 Å². The fourth-order valence-corrected chi connectivity index (χ4v) is 7.85. The summed E-state index contributed by atoms with van der Waals surface area (Å²) in [5.41, 5.74) is -1.87. The van der Waals surface area contributed by atoms with Gasteiger partial charge in [-0.05, 0) is 72.7 Å². The first-order valence-corrected chi connectivity index (χ1v) is 17.8. The molecule has 9 aromatic carbocycles. The van der Waals surface area contributed by atoms with Gasteiger partial charge in [0.15, 0.2) is 17.5 Å². The summed E-state index contributed by atoms with van der Waals surface area (Å²) in [4.78, 5) is 14.3. The first-order chi connectivity index (χ1) is 35.2. The minimum atomic E-state index is -0.929. The molecule has 11 rings (SSSR count). The van der Waals surface area contributed by atoms with Crippen LogP contribution in [-0.2, 0) is 0 Å². The molecule has 0 aliphatic heterocycles. The van der Waals surface area contributed by atoms with Gasteiger partial charge in [0.05, 0.1) is 26.0 Å². The van der Waals surface area contributed by atoms with Gasteiger partial charge in [-0.15, -0.1) is 11.3 Å². The average Bonchev–Trinajstić information content (AvgIpc) is 3.82. The van der Waals surface area contributed by atoms with Crippen molar-refractivity contribution in [3.05, 3.63) is 188 Å². The molecule has 4 heteroatoms. The summed E-state index contributed by atoms with van der Waals surface area (Å²) < 4.78 is 174. The summed E-state index contributed by atoms with van der Waals surface area (Å²) in [6.45, 7) is 0. The van der Waals surface area contributed by atoms with Crippen LogP contribution in [0.4, 0.5) is 0 Å². The van der Waals surface area contributed by atoms with E-state index in [0.717, 1.165) is 20.2 Å². The van der Waals surface area contributed by atoms with Crippen molar-refractivity contribution in [1.82, 2.24) is 15.0 Å².